The van der Waals surface area contributed by atoms with E-state index in [4.69, 9.17) is 19.4 Å². The first-order valence-electron chi connectivity index (χ1n) is 21.3. The fraction of sp³-hybridized carbons (Fsp3) is 0. The van der Waals surface area contributed by atoms with E-state index in [1.165, 1.54) is 32.7 Å². The zero-order chi connectivity index (χ0) is 41.7. The molecule has 4 heteroatoms. The Labute approximate surface area is 364 Å². The third-order valence-corrected chi connectivity index (χ3v) is 12.1. The first-order chi connectivity index (χ1) is 31.2. The number of furan rings is 1. The molecule has 0 unspecified atom stereocenters. The smallest absolute Gasteiger partial charge is 0.164 e. The van der Waals surface area contributed by atoms with E-state index < -0.39 is 0 Å². The van der Waals surface area contributed by atoms with Crippen LogP contribution in [0.2, 0.25) is 0 Å². The van der Waals surface area contributed by atoms with Crippen LogP contribution in [0.3, 0.4) is 0 Å². The van der Waals surface area contributed by atoms with Crippen molar-refractivity contribution in [3.8, 4) is 78.7 Å². The highest BCUT2D eigenvalue weighted by Crippen LogP contribution is 2.43. The van der Waals surface area contributed by atoms with Gasteiger partial charge in [0.15, 0.2) is 17.5 Å². The van der Waals surface area contributed by atoms with Gasteiger partial charge in [0, 0.05) is 33.0 Å². The van der Waals surface area contributed by atoms with E-state index in [0.717, 1.165) is 72.0 Å². The van der Waals surface area contributed by atoms with Crippen LogP contribution in [-0.2, 0) is 0 Å². The van der Waals surface area contributed by atoms with Crippen LogP contribution in [0.1, 0.15) is 0 Å². The molecular formula is C59H37N3O. The number of para-hydroxylation sites is 1. The lowest BCUT2D eigenvalue weighted by Crippen LogP contribution is -2.00. The molecule has 12 rings (SSSR count). The van der Waals surface area contributed by atoms with Gasteiger partial charge >= 0.3 is 0 Å². The van der Waals surface area contributed by atoms with Crippen LogP contribution in [0.25, 0.3) is 122 Å². The summed E-state index contributed by atoms with van der Waals surface area (Å²) in [6.07, 6.45) is 0. The third-order valence-electron chi connectivity index (χ3n) is 12.1. The molecule has 0 spiro atoms. The van der Waals surface area contributed by atoms with Gasteiger partial charge in [0.2, 0.25) is 0 Å². The Morgan fingerprint density at radius 2 is 0.794 bits per heavy atom. The van der Waals surface area contributed by atoms with Crippen LogP contribution in [0.5, 0.6) is 0 Å². The number of benzene rings is 10. The maximum Gasteiger partial charge on any atom is 0.164 e. The van der Waals surface area contributed by atoms with E-state index in [0.29, 0.717) is 17.5 Å². The lowest BCUT2D eigenvalue weighted by Gasteiger charge is -2.12. The minimum atomic E-state index is 0.577. The molecule has 2 aromatic heterocycles. The molecule has 0 bridgehead atoms. The highest BCUT2D eigenvalue weighted by molar-refractivity contribution is 6.15. The Morgan fingerprint density at radius 3 is 1.60 bits per heavy atom. The van der Waals surface area contributed by atoms with Gasteiger partial charge in [-0.1, -0.05) is 200 Å². The lowest BCUT2D eigenvalue weighted by molar-refractivity contribution is 0.670. The van der Waals surface area contributed by atoms with E-state index in [1.807, 2.05) is 18.2 Å². The summed E-state index contributed by atoms with van der Waals surface area (Å²) < 4.78 is 6.87. The van der Waals surface area contributed by atoms with Crippen molar-refractivity contribution in [1.82, 2.24) is 15.0 Å². The molecule has 0 amide bonds. The topological polar surface area (TPSA) is 51.8 Å². The molecule has 0 radical (unpaired) electrons. The molecule has 0 aliphatic rings. The van der Waals surface area contributed by atoms with Crippen LogP contribution in [0.15, 0.2) is 229 Å². The molecule has 294 valence electrons. The van der Waals surface area contributed by atoms with Crippen molar-refractivity contribution in [2.75, 3.05) is 0 Å². The average Bonchev–Trinajstić information content (AvgIpc) is 3.76. The highest BCUT2D eigenvalue weighted by Gasteiger charge is 2.21. The van der Waals surface area contributed by atoms with Gasteiger partial charge in [-0.3, -0.25) is 0 Å². The molecule has 0 saturated heterocycles. The molecule has 12 aromatic rings. The van der Waals surface area contributed by atoms with Crippen LogP contribution in [0.4, 0.5) is 0 Å². The predicted octanol–water partition coefficient (Wildman–Crippen LogP) is 15.7. The Hall–Kier alpha value is -8.47. The fourth-order valence-electron chi connectivity index (χ4n) is 9.08. The Morgan fingerprint density at radius 1 is 0.270 bits per heavy atom. The first kappa shape index (κ1) is 36.4. The van der Waals surface area contributed by atoms with Crippen LogP contribution in [0, 0.1) is 0 Å². The molecular weight excluding hydrogens is 767 g/mol. The zero-order valence-corrected chi connectivity index (χ0v) is 34.1. The monoisotopic (exact) mass is 803 g/mol. The first-order valence-corrected chi connectivity index (χ1v) is 21.3. The van der Waals surface area contributed by atoms with Gasteiger partial charge in [-0.05, 0) is 84.8 Å². The molecule has 10 aromatic carbocycles. The lowest BCUT2D eigenvalue weighted by atomic mass is 9.92. The molecule has 0 aliphatic heterocycles. The number of hydrogen-bond acceptors (Lipinski definition) is 4. The van der Waals surface area contributed by atoms with E-state index in [1.54, 1.807) is 0 Å². The molecule has 0 aliphatic carbocycles. The maximum absolute atomic E-state index is 6.87. The molecule has 63 heavy (non-hydrogen) atoms. The van der Waals surface area contributed by atoms with E-state index in [9.17, 15) is 0 Å². The normalized spacial score (nSPS) is 11.5. The summed E-state index contributed by atoms with van der Waals surface area (Å²) >= 11 is 0. The molecule has 4 nitrogen and oxygen atoms in total. The largest absolute Gasteiger partial charge is 0.455 e. The maximum atomic E-state index is 6.87. The van der Waals surface area contributed by atoms with Gasteiger partial charge in [0.1, 0.15) is 11.2 Å². The van der Waals surface area contributed by atoms with Gasteiger partial charge < -0.3 is 4.42 Å². The standard InChI is InChI=1S/C59H37N3O/c1-3-15-38(16-4-1)39-31-33-42(34-32-39)57-60-58(45-23-11-22-44(35-45)48-26-12-21-40-19-7-9-24-47(40)48)62-59(61-57)52-29-14-30-54-55(52)51-28-13-27-50(56(51)63-54)46-36-43-20-8-10-25-49(43)53(37-46)41-17-5-2-6-18-41/h1-37H. The molecule has 0 fully saturated rings. The van der Waals surface area contributed by atoms with Gasteiger partial charge in [0.25, 0.3) is 0 Å². The quantitative estimate of drug-likeness (QED) is 0.161. The second-order valence-electron chi connectivity index (χ2n) is 15.9. The number of hydrogen-bond donors (Lipinski definition) is 0. The van der Waals surface area contributed by atoms with Gasteiger partial charge in [0.05, 0.1) is 0 Å². The summed E-state index contributed by atoms with van der Waals surface area (Å²) in [5.74, 6) is 1.77. The second kappa shape index (κ2) is 15.2. The van der Waals surface area contributed by atoms with Crippen LogP contribution in [-0.4, -0.2) is 15.0 Å². The van der Waals surface area contributed by atoms with Crippen molar-refractivity contribution < 1.29 is 4.42 Å². The van der Waals surface area contributed by atoms with Crippen molar-refractivity contribution in [2.45, 2.75) is 0 Å². The van der Waals surface area contributed by atoms with Crippen LogP contribution < -0.4 is 0 Å². The average molecular weight is 804 g/mol. The summed E-state index contributed by atoms with van der Waals surface area (Å²) in [5.41, 5.74) is 13.3. The summed E-state index contributed by atoms with van der Waals surface area (Å²) in [6.45, 7) is 0. The summed E-state index contributed by atoms with van der Waals surface area (Å²) in [7, 11) is 0. The zero-order valence-electron chi connectivity index (χ0n) is 34.1. The van der Waals surface area contributed by atoms with Gasteiger partial charge in [-0.25, -0.2) is 15.0 Å². The highest BCUT2D eigenvalue weighted by atomic mass is 16.3. The molecule has 0 saturated carbocycles. The van der Waals surface area contributed by atoms with E-state index in [2.05, 4.69) is 206 Å². The van der Waals surface area contributed by atoms with E-state index in [-0.39, 0.29) is 0 Å². The van der Waals surface area contributed by atoms with Crippen LogP contribution >= 0.6 is 0 Å². The Kier molecular flexibility index (Phi) is 8.79. The summed E-state index contributed by atoms with van der Waals surface area (Å²) in [5, 5.41) is 6.75. The Bertz CT molecular complexity index is 3660. The third kappa shape index (κ3) is 6.53. The summed E-state index contributed by atoms with van der Waals surface area (Å²) in [4.78, 5) is 15.7. The minimum Gasteiger partial charge on any atom is -0.455 e. The summed E-state index contributed by atoms with van der Waals surface area (Å²) in [6, 6.07) is 78.7. The van der Waals surface area contributed by atoms with Crippen molar-refractivity contribution in [2.24, 2.45) is 0 Å². The minimum absolute atomic E-state index is 0.577. The van der Waals surface area contributed by atoms with Gasteiger partial charge in [-0.2, -0.15) is 0 Å². The second-order valence-corrected chi connectivity index (χ2v) is 15.9. The number of rotatable bonds is 7. The van der Waals surface area contributed by atoms with E-state index >= 15 is 0 Å². The number of nitrogens with zero attached hydrogens (tertiary/aromatic N) is 3. The molecule has 2 heterocycles. The van der Waals surface area contributed by atoms with Crippen molar-refractivity contribution >= 4 is 43.5 Å². The Balaban J connectivity index is 1.04. The van der Waals surface area contributed by atoms with Gasteiger partial charge in [-0.15, -0.1) is 0 Å². The number of fused-ring (bicyclic) bond motifs is 5. The van der Waals surface area contributed by atoms with Crippen molar-refractivity contribution in [3.63, 3.8) is 0 Å². The predicted molar refractivity (Wildman–Crippen MR) is 260 cm³/mol. The van der Waals surface area contributed by atoms with Crippen molar-refractivity contribution in [1.29, 1.82) is 0 Å². The SMILES string of the molecule is c1ccc(-c2ccc(-c3nc(-c4cccc(-c5cccc6ccccc56)c4)nc(-c4cccc5oc6c(-c7cc(-c8ccccc8)c8ccccc8c7)cccc6c45)n3)cc2)cc1. The fourth-order valence-corrected chi connectivity index (χ4v) is 9.08. The molecule has 0 atom stereocenters. The molecule has 0 N–H and O–H groups in total. The number of aromatic nitrogens is 3. The van der Waals surface area contributed by atoms with Crippen molar-refractivity contribution in [3.05, 3.63) is 224 Å².